The van der Waals surface area contributed by atoms with Crippen LogP contribution in [0.25, 0.3) is 10.8 Å². The average molecular weight is 407 g/mol. The van der Waals surface area contributed by atoms with Gasteiger partial charge in [0.1, 0.15) is 18.0 Å². The number of hydrogen-bond acceptors (Lipinski definition) is 5. The molecule has 6 heteroatoms. The molecule has 0 bridgehead atoms. The van der Waals surface area contributed by atoms with Crippen LogP contribution in [0.2, 0.25) is 0 Å². The molecule has 5 rings (SSSR count). The maximum Gasteiger partial charge on any atom is 0.236 e. The molecule has 1 spiro atoms. The van der Waals surface area contributed by atoms with Crippen LogP contribution in [-0.2, 0) is 24.5 Å². The van der Waals surface area contributed by atoms with Gasteiger partial charge >= 0.3 is 0 Å². The highest BCUT2D eigenvalue weighted by Gasteiger charge is 2.67. The summed E-state index contributed by atoms with van der Waals surface area (Å²) in [4.78, 5) is 0. The summed E-state index contributed by atoms with van der Waals surface area (Å²) in [7, 11) is 1.63. The predicted molar refractivity (Wildman–Crippen MR) is 94.5 cm³/mol. The second-order valence-corrected chi connectivity index (χ2v) is 8.10. The molecule has 0 unspecified atom stereocenters. The van der Waals surface area contributed by atoms with E-state index in [-0.39, 0.29) is 12.2 Å². The number of benzene rings is 2. The summed E-state index contributed by atoms with van der Waals surface area (Å²) in [6, 6.07) is 10.2. The van der Waals surface area contributed by atoms with Crippen molar-refractivity contribution in [2.75, 3.05) is 13.7 Å². The van der Waals surface area contributed by atoms with Crippen LogP contribution in [0.3, 0.4) is 0 Å². The van der Waals surface area contributed by atoms with Crippen LogP contribution in [0.15, 0.2) is 34.8 Å². The topological polar surface area (TPSA) is 46.2 Å². The van der Waals surface area contributed by atoms with Crippen molar-refractivity contribution in [3.8, 4) is 5.75 Å². The van der Waals surface area contributed by atoms with Gasteiger partial charge in [-0.2, -0.15) is 0 Å². The van der Waals surface area contributed by atoms with E-state index in [1.54, 1.807) is 7.11 Å². The monoisotopic (exact) mass is 406 g/mol. The quantitative estimate of drug-likeness (QED) is 0.722. The normalized spacial score (nSPS) is 35.1. The van der Waals surface area contributed by atoms with Gasteiger partial charge in [0.05, 0.1) is 6.61 Å². The Morgan fingerprint density at radius 1 is 1.16 bits per heavy atom. The second-order valence-electron chi connectivity index (χ2n) is 7.19. The molecule has 5 nitrogen and oxygen atoms in total. The van der Waals surface area contributed by atoms with E-state index in [2.05, 4.69) is 28.1 Å². The Morgan fingerprint density at radius 2 is 2.00 bits per heavy atom. The fraction of sp³-hybridized carbons (Fsp3) is 0.474. The van der Waals surface area contributed by atoms with Gasteiger partial charge in [0.15, 0.2) is 11.4 Å². The number of rotatable bonds is 1. The first kappa shape index (κ1) is 16.0. The molecule has 0 saturated carbocycles. The van der Waals surface area contributed by atoms with Crippen molar-refractivity contribution in [1.29, 1.82) is 0 Å². The number of ether oxygens (including phenoxy) is 5. The van der Waals surface area contributed by atoms with Gasteiger partial charge in [-0.25, -0.2) is 0 Å². The second kappa shape index (κ2) is 5.18. The standard InChI is InChI=1S/C19H19BrO5/c1-18(2)24-14-9-22-19(16(14)25-18)15-12-6-5-11(20)8-10(12)4-7-13(15)23-17(19)21-3/h4-8,14,16-17H,9H2,1-3H3/t14-,16-,17-,19-/m1/s1. The molecule has 4 atom stereocenters. The van der Waals surface area contributed by atoms with Crippen molar-refractivity contribution >= 4 is 26.7 Å². The van der Waals surface area contributed by atoms with Crippen LogP contribution in [-0.4, -0.2) is 38.0 Å². The highest BCUT2D eigenvalue weighted by molar-refractivity contribution is 9.10. The molecule has 2 fully saturated rings. The van der Waals surface area contributed by atoms with E-state index >= 15 is 0 Å². The third-order valence-corrected chi connectivity index (χ3v) is 5.72. The van der Waals surface area contributed by atoms with Crippen LogP contribution in [0.5, 0.6) is 5.75 Å². The maximum absolute atomic E-state index is 6.32. The van der Waals surface area contributed by atoms with Crippen LogP contribution >= 0.6 is 15.9 Å². The lowest BCUT2D eigenvalue weighted by molar-refractivity contribution is -0.244. The Hall–Kier alpha value is -1.18. The number of halogens is 1. The summed E-state index contributed by atoms with van der Waals surface area (Å²) in [6.45, 7) is 4.30. The molecule has 0 N–H and O–H groups in total. The summed E-state index contributed by atoms with van der Waals surface area (Å²) in [5.41, 5.74) is 0.147. The first-order chi connectivity index (χ1) is 11.9. The summed E-state index contributed by atoms with van der Waals surface area (Å²) in [5, 5.41) is 2.19. The third kappa shape index (κ3) is 2.09. The van der Waals surface area contributed by atoms with Crippen LogP contribution in [0, 0.1) is 0 Å². The van der Waals surface area contributed by atoms with Crippen molar-refractivity contribution in [1.82, 2.24) is 0 Å². The summed E-state index contributed by atoms with van der Waals surface area (Å²) < 4.78 is 31.4. The summed E-state index contributed by atoms with van der Waals surface area (Å²) >= 11 is 3.54. The molecule has 2 saturated heterocycles. The average Bonchev–Trinajstić information content (AvgIpc) is 3.18. The lowest BCUT2D eigenvalue weighted by Crippen LogP contribution is -2.49. The molecule has 132 valence electrons. The van der Waals surface area contributed by atoms with Gasteiger partial charge in [-0.1, -0.05) is 28.1 Å². The van der Waals surface area contributed by atoms with E-state index in [4.69, 9.17) is 23.7 Å². The Bertz CT molecular complexity index is 866. The van der Waals surface area contributed by atoms with Gasteiger partial charge in [-0.3, -0.25) is 0 Å². The van der Waals surface area contributed by atoms with E-state index in [0.717, 1.165) is 26.6 Å². The molecule has 3 aliphatic rings. The van der Waals surface area contributed by atoms with Crippen LogP contribution in [0.4, 0.5) is 0 Å². The van der Waals surface area contributed by atoms with Gasteiger partial charge in [0, 0.05) is 17.1 Å². The number of hydrogen-bond donors (Lipinski definition) is 0. The van der Waals surface area contributed by atoms with E-state index in [9.17, 15) is 0 Å². The molecule has 0 radical (unpaired) electrons. The fourth-order valence-corrected chi connectivity index (χ4v) is 4.74. The van der Waals surface area contributed by atoms with Gasteiger partial charge in [0.25, 0.3) is 0 Å². The van der Waals surface area contributed by atoms with Gasteiger partial charge < -0.3 is 23.7 Å². The Kier molecular flexibility index (Phi) is 3.32. The zero-order chi connectivity index (χ0) is 17.4. The Labute approximate surface area is 154 Å². The van der Waals surface area contributed by atoms with Crippen molar-refractivity contribution < 1.29 is 23.7 Å². The molecule has 2 aromatic carbocycles. The number of methoxy groups -OCH3 is 1. The Balaban J connectivity index is 1.76. The third-order valence-electron chi connectivity index (χ3n) is 5.23. The minimum Gasteiger partial charge on any atom is -0.461 e. The van der Waals surface area contributed by atoms with Gasteiger partial charge in [-0.05, 0) is 42.8 Å². The molecular weight excluding hydrogens is 388 g/mol. The molecule has 2 aromatic rings. The molecule has 0 amide bonds. The maximum atomic E-state index is 6.32. The summed E-state index contributed by atoms with van der Waals surface area (Å²) in [6.07, 6.45) is -1.01. The minimum atomic E-state index is -0.837. The minimum absolute atomic E-state index is 0.145. The van der Waals surface area contributed by atoms with Crippen molar-refractivity contribution in [2.24, 2.45) is 0 Å². The molecular formula is C19H19BrO5. The van der Waals surface area contributed by atoms with E-state index in [1.807, 2.05) is 32.0 Å². The fourth-order valence-electron chi connectivity index (χ4n) is 4.37. The lowest BCUT2D eigenvalue weighted by Gasteiger charge is -2.33. The first-order valence-corrected chi connectivity index (χ1v) is 9.16. The number of fused-ring (bicyclic) bond motifs is 6. The highest BCUT2D eigenvalue weighted by atomic mass is 79.9. The molecule has 0 aromatic heterocycles. The largest absolute Gasteiger partial charge is 0.461 e. The molecule has 25 heavy (non-hydrogen) atoms. The predicted octanol–water partition coefficient (Wildman–Crippen LogP) is 3.71. The first-order valence-electron chi connectivity index (χ1n) is 8.36. The Morgan fingerprint density at radius 3 is 2.80 bits per heavy atom. The molecule has 3 aliphatic heterocycles. The lowest BCUT2D eigenvalue weighted by atomic mass is 9.85. The van der Waals surface area contributed by atoms with Crippen molar-refractivity contribution in [2.45, 2.75) is 43.7 Å². The molecule has 3 heterocycles. The highest BCUT2D eigenvalue weighted by Crippen LogP contribution is 2.56. The van der Waals surface area contributed by atoms with E-state index in [1.165, 1.54) is 0 Å². The molecule has 0 aliphatic carbocycles. The zero-order valence-electron chi connectivity index (χ0n) is 14.2. The van der Waals surface area contributed by atoms with Crippen LogP contribution < -0.4 is 4.74 Å². The zero-order valence-corrected chi connectivity index (χ0v) is 15.8. The summed E-state index contributed by atoms with van der Waals surface area (Å²) in [5.74, 6) is 0.122. The van der Waals surface area contributed by atoms with E-state index in [0.29, 0.717) is 6.61 Å². The van der Waals surface area contributed by atoms with Gasteiger partial charge in [-0.15, -0.1) is 0 Å². The van der Waals surface area contributed by atoms with Crippen LogP contribution in [0.1, 0.15) is 19.4 Å². The van der Waals surface area contributed by atoms with E-state index < -0.39 is 17.7 Å². The van der Waals surface area contributed by atoms with Crippen molar-refractivity contribution in [3.05, 3.63) is 40.4 Å². The van der Waals surface area contributed by atoms with Crippen molar-refractivity contribution in [3.63, 3.8) is 0 Å². The van der Waals surface area contributed by atoms with Gasteiger partial charge in [0.2, 0.25) is 6.29 Å². The smallest absolute Gasteiger partial charge is 0.236 e. The SMILES string of the molecule is CO[C@@H]1Oc2ccc3cc(Br)ccc3c2[C@]12OC[C@H]1OC(C)(C)O[C@H]12.